The molecule has 106 valence electrons. The van der Waals surface area contributed by atoms with Crippen LogP contribution in [-0.4, -0.2) is 21.0 Å². The molecule has 0 bridgehead atoms. The quantitative estimate of drug-likeness (QED) is 0.800. The molecule has 1 heterocycles. The molecular weight excluding hydrogens is 258 g/mol. The zero-order valence-corrected chi connectivity index (χ0v) is 11.6. The van der Waals surface area contributed by atoms with Crippen molar-refractivity contribution < 1.29 is 9.90 Å². The van der Waals surface area contributed by atoms with Gasteiger partial charge in [-0.3, -0.25) is 9.78 Å². The number of anilines is 2. The summed E-state index contributed by atoms with van der Waals surface area (Å²) in [6.45, 7) is 5.66. The summed E-state index contributed by atoms with van der Waals surface area (Å²) in [5.74, 6) is -0.669. The van der Waals surface area contributed by atoms with Crippen molar-refractivity contribution in [3.8, 4) is 0 Å². The summed E-state index contributed by atoms with van der Waals surface area (Å²) in [6.07, 6.45) is 1.47. The van der Waals surface area contributed by atoms with E-state index in [0.29, 0.717) is 17.2 Å². The van der Waals surface area contributed by atoms with E-state index in [1.807, 2.05) is 13.8 Å². The van der Waals surface area contributed by atoms with Crippen LogP contribution >= 0.6 is 0 Å². The molecule has 0 radical (unpaired) electrons. The Morgan fingerprint density at radius 3 is 2.35 bits per heavy atom. The van der Waals surface area contributed by atoms with Crippen molar-refractivity contribution in [1.29, 1.82) is 0 Å². The number of aromatic amines is 1. The van der Waals surface area contributed by atoms with Crippen molar-refractivity contribution in [3.05, 3.63) is 51.9 Å². The van der Waals surface area contributed by atoms with Crippen molar-refractivity contribution in [1.82, 2.24) is 9.97 Å². The molecule has 20 heavy (non-hydrogen) atoms. The number of aryl methyl sites for hydroxylation is 1. The maximum absolute atomic E-state index is 11.4. The molecule has 0 atom stereocenters. The van der Waals surface area contributed by atoms with Crippen molar-refractivity contribution in [2.75, 3.05) is 5.32 Å². The molecule has 1 aromatic heterocycles. The van der Waals surface area contributed by atoms with Crippen molar-refractivity contribution in [2.24, 2.45) is 0 Å². The number of hydrogen-bond acceptors (Lipinski definition) is 4. The lowest BCUT2D eigenvalue weighted by Gasteiger charge is -2.05. The Labute approximate surface area is 116 Å². The van der Waals surface area contributed by atoms with Gasteiger partial charge < -0.3 is 10.4 Å². The van der Waals surface area contributed by atoms with E-state index in [9.17, 15) is 9.59 Å². The minimum absolute atomic E-state index is 0.200. The average Bonchev–Trinajstić information content (AvgIpc) is 2.46. The van der Waals surface area contributed by atoms with E-state index in [1.165, 1.54) is 18.3 Å². The molecule has 0 fully saturated rings. The van der Waals surface area contributed by atoms with E-state index < -0.39 is 5.97 Å². The lowest BCUT2D eigenvalue weighted by Crippen LogP contribution is -2.12. The van der Waals surface area contributed by atoms with Crippen LogP contribution in [0.3, 0.4) is 0 Å². The molecule has 0 aliphatic heterocycles. The zero-order valence-electron chi connectivity index (χ0n) is 11.6. The fraction of sp³-hybridized carbons (Fsp3) is 0.214. The van der Waals surface area contributed by atoms with Crippen LogP contribution in [0, 0.1) is 6.92 Å². The molecule has 0 spiro atoms. The number of rotatable bonds is 3. The molecule has 0 aliphatic carbocycles. The Kier molecular flexibility index (Phi) is 5.46. The Balaban J connectivity index is 0.000000956. The molecule has 2 rings (SSSR count). The van der Waals surface area contributed by atoms with Crippen LogP contribution in [-0.2, 0) is 0 Å². The van der Waals surface area contributed by atoms with Gasteiger partial charge in [-0.15, -0.1) is 0 Å². The highest BCUT2D eigenvalue weighted by Crippen LogP contribution is 2.12. The smallest absolute Gasteiger partial charge is 0.335 e. The molecule has 0 amide bonds. The summed E-state index contributed by atoms with van der Waals surface area (Å²) >= 11 is 0. The van der Waals surface area contributed by atoms with Gasteiger partial charge in [0.05, 0.1) is 5.56 Å². The number of carbonyl (C=O) groups is 1. The number of H-pyrrole nitrogens is 1. The summed E-state index contributed by atoms with van der Waals surface area (Å²) in [5.41, 5.74) is 1.16. The van der Waals surface area contributed by atoms with Gasteiger partial charge in [-0.05, 0) is 31.2 Å². The summed E-state index contributed by atoms with van der Waals surface area (Å²) < 4.78 is 0. The van der Waals surface area contributed by atoms with Crippen LogP contribution in [0.5, 0.6) is 0 Å². The number of benzene rings is 1. The van der Waals surface area contributed by atoms with Gasteiger partial charge in [0.2, 0.25) is 5.95 Å². The highest BCUT2D eigenvalue weighted by Gasteiger charge is 2.03. The Morgan fingerprint density at radius 2 is 1.85 bits per heavy atom. The predicted octanol–water partition coefficient (Wildman–Crippen LogP) is 2.55. The summed E-state index contributed by atoms with van der Waals surface area (Å²) in [4.78, 5) is 28.6. The van der Waals surface area contributed by atoms with Gasteiger partial charge in [-0.25, -0.2) is 9.78 Å². The fourth-order valence-electron chi connectivity index (χ4n) is 1.35. The molecule has 0 unspecified atom stereocenters. The van der Waals surface area contributed by atoms with Gasteiger partial charge in [0.25, 0.3) is 5.56 Å². The van der Waals surface area contributed by atoms with E-state index in [-0.39, 0.29) is 11.1 Å². The third-order valence-corrected chi connectivity index (χ3v) is 2.37. The van der Waals surface area contributed by atoms with Crippen LogP contribution in [0.15, 0.2) is 35.3 Å². The second kappa shape index (κ2) is 7.08. The number of nitrogens with one attached hydrogen (secondary N) is 2. The Morgan fingerprint density at radius 1 is 1.25 bits per heavy atom. The number of carboxylic acid groups (broad SMARTS) is 1. The van der Waals surface area contributed by atoms with Crippen LogP contribution in [0.1, 0.15) is 29.8 Å². The van der Waals surface area contributed by atoms with Crippen LogP contribution in [0.4, 0.5) is 11.6 Å². The first-order chi connectivity index (χ1) is 9.56. The number of hydrogen-bond donors (Lipinski definition) is 3. The van der Waals surface area contributed by atoms with Gasteiger partial charge in [0, 0.05) is 17.4 Å². The van der Waals surface area contributed by atoms with E-state index in [4.69, 9.17) is 5.11 Å². The molecule has 0 aliphatic rings. The molecule has 3 N–H and O–H groups in total. The van der Waals surface area contributed by atoms with Gasteiger partial charge in [0.15, 0.2) is 0 Å². The van der Waals surface area contributed by atoms with Crippen LogP contribution in [0.2, 0.25) is 0 Å². The van der Waals surface area contributed by atoms with E-state index >= 15 is 0 Å². The third kappa shape index (κ3) is 3.94. The summed E-state index contributed by atoms with van der Waals surface area (Å²) in [7, 11) is 0. The second-order valence-corrected chi connectivity index (χ2v) is 3.75. The number of aromatic carboxylic acids is 1. The zero-order chi connectivity index (χ0) is 15.1. The number of carboxylic acids is 1. The largest absolute Gasteiger partial charge is 0.478 e. The number of aromatic nitrogens is 2. The first kappa shape index (κ1) is 15.4. The highest BCUT2D eigenvalue weighted by atomic mass is 16.4. The first-order valence-electron chi connectivity index (χ1n) is 6.22. The minimum atomic E-state index is -0.983. The average molecular weight is 275 g/mol. The maximum atomic E-state index is 11.4. The second-order valence-electron chi connectivity index (χ2n) is 3.75. The minimum Gasteiger partial charge on any atom is -0.478 e. The van der Waals surface area contributed by atoms with Gasteiger partial charge in [0.1, 0.15) is 0 Å². The SMILES string of the molecule is CC.Cc1cnc(Nc2ccc(C(=O)O)cc2)[nH]c1=O. The first-order valence-corrected chi connectivity index (χ1v) is 6.22. The normalized spacial score (nSPS) is 9.35. The number of nitrogens with zero attached hydrogens (tertiary/aromatic N) is 1. The molecular formula is C14H17N3O3. The third-order valence-electron chi connectivity index (χ3n) is 2.37. The van der Waals surface area contributed by atoms with Crippen molar-refractivity contribution in [2.45, 2.75) is 20.8 Å². The van der Waals surface area contributed by atoms with Crippen LogP contribution in [0.25, 0.3) is 0 Å². The lowest BCUT2D eigenvalue weighted by molar-refractivity contribution is 0.0697. The molecule has 6 nitrogen and oxygen atoms in total. The van der Waals surface area contributed by atoms with E-state index in [0.717, 1.165) is 0 Å². The Bertz CT molecular complexity index is 633. The molecule has 6 heteroatoms. The molecule has 0 saturated heterocycles. The lowest BCUT2D eigenvalue weighted by atomic mass is 10.2. The molecule has 2 aromatic rings. The van der Waals surface area contributed by atoms with E-state index in [2.05, 4.69) is 15.3 Å². The van der Waals surface area contributed by atoms with Gasteiger partial charge >= 0.3 is 5.97 Å². The Hall–Kier alpha value is -2.63. The highest BCUT2D eigenvalue weighted by molar-refractivity contribution is 5.88. The monoisotopic (exact) mass is 275 g/mol. The van der Waals surface area contributed by atoms with Gasteiger partial charge in [-0.2, -0.15) is 0 Å². The topological polar surface area (TPSA) is 95.1 Å². The maximum Gasteiger partial charge on any atom is 0.335 e. The summed E-state index contributed by atoms with van der Waals surface area (Å²) in [6, 6.07) is 6.14. The van der Waals surface area contributed by atoms with Crippen molar-refractivity contribution in [3.63, 3.8) is 0 Å². The molecule has 0 saturated carbocycles. The standard InChI is InChI=1S/C12H11N3O3.C2H6/c1-7-6-13-12(15-10(7)16)14-9-4-2-8(3-5-9)11(17)18;1-2/h2-6H,1H3,(H,17,18)(H2,13,14,15,16);1-2H3. The van der Waals surface area contributed by atoms with Gasteiger partial charge in [-0.1, -0.05) is 13.8 Å². The fourth-order valence-corrected chi connectivity index (χ4v) is 1.35. The van der Waals surface area contributed by atoms with Crippen LogP contribution < -0.4 is 10.9 Å². The molecule has 1 aromatic carbocycles. The summed E-state index contributed by atoms with van der Waals surface area (Å²) in [5, 5.41) is 11.6. The predicted molar refractivity (Wildman–Crippen MR) is 77.6 cm³/mol. The van der Waals surface area contributed by atoms with Crippen molar-refractivity contribution >= 4 is 17.6 Å². The van der Waals surface area contributed by atoms with E-state index in [1.54, 1.807) is 19.1 Å².